The molecule has 0 bridgehead atoms. The van der Waals surface area contributed by atoms with Gasteiger partial charge in [-0.2, -0.15) is 0 Å². The molecule has 5 nitrogen and oxygen atoms in total. The van der Waals surface area contributed by atoms with Gasteiger partial charge < -0.3 is 10.3 Å². The third-order valence-corrected chi connectivity index (χ3v) is 3.34. The van der Waals surface area contributed by atoms with Gasteiger partial charge in [0.15, 0.2) is 0 Å². The molecule has 1 amide bonds. The van der Waals surface area contributed by atoms with E-state index in [1.165, 1.54) is 29.7 Å². The molecule has 0 saturated carbocycles. The second kappa shape index (κ2) is 4.77. The molecule has 0 fully saturated rings. The number of fused-ring (bicyclic) bond motifs is 1. The fourth-order valence-corrected chi connectivity index (χ4v) is 2.23. The average Bonchev–Trinajstić information content (AvgIpc) is 3.04. The number of nitrogens with zero attached hydrogens (tertiary/aromatic N) is 2. The maximum atomic E-state index is 13.0. The first-order chi connectivity index (χ1) is 9.22. The summed E-state index contributed by atoms with van der Waals surface area (Å²) in [6.07, 6.45) is 1.51. The van der Waals surface area contributed by atoms with Gasteiger partial charge in [0.05, 0.1) is 29.3 Å². The fourth-order valence-electron chi connectivity index (χ4n) is 1.70. The van der Waals surface area contributed by atoms with Crippen molar-refractivity contribution in [1.29, 1.82) is 0 Å². The molecular weight excluding hydrogens is 267 g/mol. The first kappa shape index (κ1) is 11.8. The number of aromatic nitrogens is 3. The molecular formula is C12H9FN4OS. The Hall–Kier alpha value is -2.28. The predicted octanol–water partition coefficient (Wildman–Crippen LogP) is 2.09. The molecule has 0 unspecified atom stereocenters. The molecule has 0 radical (unpaired) electrons. The monoisotopic (exact) mass is 276 g/mol. The molecule has 2 heterocycles. The number of benzene rings is 1. The maximum Gasteiger partial charge on any atom is 0.263 e. The number of hydrogen-bond donors (Lipinski definition) is 2. The van der Waals surface area contributed by atoms with Crippen molar-refractivity contribution in [2.75, 3.05) is 0 Å². The lowest BCUT2D eigenvalue weighted by Gasteiger charge is -1.99. The van der Waals surface area contributed by atoms with Crippen LogP contribution < -0.4 is 5.32 Å². The number of carbonyl (C=O) groups is 1. The Morgan fingerprint density at radius 3 is 3.16 bits per heavy atom. The van der Waals surface area contributed by atoms with E-state index in [9.17, 15) is 9.18 Å². The number of amides is 1. The van der Waals surface area contributed by atoms with Gasteiger partial charge in [-0.25, -0.2) is 9.37 Å². The first-order valence-electron chi connectivity index (χ1n) is 5.53. The van der Waals surface area contributed by atoms with Crippen LogP contribution in [0, 0.1) is 5.82 Å². The van der Waals surface area contributed by atoms with Crippen LogP contribution in [0.4, 0.5) is 4.39 Å². The van der Waals surface area contributed by atoms with E-state index in [4.69, 9.17) is 0 Å². The van der Waals surface area contributed by atoms with E-state index in [0.29, 0.717) is 21.7 Å². The summed E-state index contributed by atoms with van der Waals surface area (Å²) in [5, 5.41) is 2.72. The summed E-state index contributed by atoms with van der Waals surface area (Å²) < 4.78 is 13.0. The smallest absolute Gasteiger partial charge is 0.263 e. The van der Waals surface area contributed by atoms with Gasteiger partial charge in [-0.05, 0) is 18.2 Å². The summed E-state index contributed by atoms with van der Waals surface area (Å²) >= 11 is 1.27. The zero-order chi connectivity index (χ0) is 13.2. The van der Waals surface area contributed by atoms with Crippen molar-refractivity contribution in [2.45, 2.75) is 6.54 Å². The van der Waals surface area contributed by atoms with Crippen molar-refractivity contribution in [3.8, 4) is 0 Å². The lowest BCUT2D eigenvalue weighted by atomic mass is 10.3. The number of thiazole rings is 1. The Morgan fingerprint density at radius 1 is 1.47 bits per heavy atom. The number of imidazole rings is 1. The topological polar surface area (TPSA) is 70.7 Å². The average molecular weight is 276 g/mol. The molecule has 7 heteroatoms. The van der Waals surface area contributed by atoms with E-state index in [-0.39, 0.29) is 18.3 Å². The van der Waals surface area contributed by atoms with Crippen LogP contribution in [0.5, 0.6) is 0 Å². The molecule has 0 aliphatic carbocycles. The Bertz CT molecular complexity index is 722. The highest BCUT2D eigenvalue weighted by atomic mass is 32.1. The molecule has 1 aromatic carbocycles. The van der Waals surface area contributed by atoms with Crippen LogP contribution in [0.15, 0.2) is 29.9 Å². The Morgan fingerprint density at radius 2 is 2.37 bits per heavy atom. The van der Waals surface area contributed by atoms with Gasteiger partial charge in [-0.1, -0.05) is 0 Å². The van der Waals surface area contributed by atoms with E-state index < -0.39 is 0 Å². The minimum atomic E-state index is -0.323. The number of aromatic amines is 1. The van der Waals surface area contributed by atoms with Crippen LogP contribution >= 0.6 is 11.3 Å². The van der Waals surface area contributed by atoms with Crippen LogP contribution in [0.1, 0.15) is 15.5 Å². The molecule has 2 N–H and O–H groups in total. The second-order valence-corrected chi connectivity index (χ2v) is 4.78. The molecule has 0 aliphatic rings. The molecule has 0 spiro atoms. The number of rotatable bonds is 3. The quantitative estimate of drug-likeness (QED) is 0.769. The lowest BCUT2D eigenvalue weighted by Crippen LogP contribution is -2.22. The molecule has 3 aromatic rings. The van der Waals surface area contributed by atoms with E-state index in [1.54, 1.807) is 11.6 Å². The summed E-state index contributed by atoms with van der Waals surface area (Å²) in [6.45, 7) is 0.257. The van der Waals surface area contributed by atoms with Crippen molar-refractivity contribution in [3.05, 3.63) is 46.4 Å². The van der Waals surface area contributed by atoms with Gasteiger partial charge in [0.25, 0.3) is 5.91 Å². The van der Waals surface area contributed by atoms with Crippen molar-refractivity contribution < 1.29 is 9.18 Å². The van der Waals surface area contributed by atoms with E-state index in [1.807, 2.05) is 0 Å². The number of nitrogens with one attached hydrogen (secondary N) is 2. The summed E-state index contributed by atoms with van der Waals surface area (Å²) in [4.78, 5) is 23.3. The van der Waals surface area contributed by atoms with E-state index >= 15 is 0 Å². The fraction of sp³-hybridized carbons (Fsp3) is 0.0833. The second-order valence-electron chi connectivity index (χ2n) is 3.89. The van der Waals surface area contributed by atoms with Crippen molar-refractivity contribution in [1.82, 2.24) is 20.3 Å². The lowest BCUT2D eigenvalue weighted by molar-refractivity contribution is 0.0954. The predicted molar refractivity (Wildman–Crippen MR) is 69.3 cm³/mol. The molecule has 96 valence electrons. The van der Waals surface area contributed by atoms with Gasteiger partial charge in [0.1, 0.15) is 16.5 Å². The Balaban J connectivity index is 1.73. The Kier molecular flexibility index (Phi) is 2.96. The zero-order valence-electron chi connectivity index (χ0n) is 9.68. The molecule has 0 aliphatic heterocycles. The van der Waals surface area contributed by atoms with Crippen LogP contribution in [-0.4, -0.2) is 20.9 Å². The number of halogens is 1. The van der Waals surface area contributed by atoms with Gasteiger partial charge >= 0.3 is 0 Å². The Labute approximate surface area is 111 Å². The standard InChI is InChI=1S/C12H9FN4OS/c13-7-1-2-8-9(3-7)17-11(16-8)5-15-12(18)10-4-14-6-19-10/h1-4,6H,5H2,(H,15,18)(H,16,17). The van der Waals surface area contributed by atoms with Gasteiger partial charge in [-0.3, -0.25) is 9.78 Å². The summed E-state index contributed by atoms with van der Waals surface area (Å²) in [5.74, 6) is 0.0593. The SMILES string of the molecule is O=C(NCc1nc2ccc(F)cc2[nH]1)c1cncs1. The molecule has 19 heavy (non-hydrogen) atoms. The van der Waals surface area contributed by atoms with Crippen molar-refractivity contribution in [2.24, 2.45) is 0 Å². The number of hydrogen-bond acceptors (Lipinski definition) is 4. The van der Waals surface area contributed by atoms with E-state index in [2.05, 4.69) is 20.3 Å². The third kappa shape index (κ3) is 2.45. The van der Waals surface area contributed by atoms with Crippen molar-refractivity contribution in [3.63, 3.8) is 0 Å². The highest BCUT2D eigenvalue weighted by Gasteiger charge is 2.08. The van der Waals surface area contributed by atoms with Gasteiger partial charge in [-0.15, -0.1) is 11.3 Å². The van der Waals surface area contributed by atoms with Crippen LogP contribution in [0.2, 0.25) is 0 Å². The maximum absolute atomic E-state index is 13.0. The van der Waals surface area contributed by atoms with Gasteiger partial charge in [0.2, 0.25) is 0 Å². The van der Waals surface area contributed by atoms with Crippen LogP contribution in [0.25, 0.3) is 11.0 Å². The van der Waals surface area contributed by atoms with Crippen LogP contribution in [-0.2, 0) is 6.54 Å². The number of H-pyrrole nitrogens is 1. The zero-order valence-corrected chi connectivity index (χ0v) is 10.5. The highest BCUT2D eigenvalue weighted by molar-refractivity contribution is 7.11. The normalized spacial score (nSPS) is 10.8. The largest absolute Gasteiger partial charge is 0.344 e. The summed E-state index contributed by atoms with van der Waals surface area (Å²) in [7, 11) is 0. The van der Waals surface area contributed by atoms with Gasteiger partial charge in [0, 0.05) is 0 Å². The molecule has 3 rings (SSSR count). The number of carbonyl (C=O) groups excluding carboxylic acids is 1. The third-order valence-electron chi connectivity index (χ3n) is 2.57. The highest BCUT2D eigenvalue weighted by Crippen LogP contribution is 2.13. The molecule has 2 aromatic heterocycles. The van der Waals surface area contributed by atoms with E-state index in [0.717, 1.165) is 0 Å². The molecule has 0 saturated heterocycles. The van der Waals surface area contributed by atoms with Crippen molar-refractivity contribution >= 4 is 28.3 Å². The minimum absolute atomic E-state index is 0.200. The van der Waals surface area contributed by atoms with Crippen LogP contribution in [0.3, 0.4) is 0 Å². The summed E-state index contributed by atoms with van der Waals surface area (Å²) in [5.41, 5.74) is 2.88. The minimum Gasteiger partial charge on any atom is -0.344 e. The summed E-state index contributed by atoms with van der Waals surface area (Å²) in [6, 6.07) is 4.31. The molecule has 0 atom stereocenters. The first-order valence-corrected chi connectivity index (χ1v) is 6.41.